The van der Waals surface area contributed by atoms with Gasteiger partial charge in [0.1, 0.15) is 11.5 Å². The molecule has 1 fully saturated rings. The summed E-state index contributed by atoms with van der Waals surface area (Å²) < 4.78 is 16.0. The maximum absolute atomic E-state index is 12.2. The largest absolute Gasteiger partial charge is 0.497 e. The zero-order valence-corrected chi connectivity index (χ0v) is 12.7. The Balaban J connectivity index is 1.80. The second kappa shape index (κ2) is 7.88. The van der Waals surface area contributed by atoms with Gasteiger partial charge in [0.15, 0.2) is 6.61 Å². The highest BCUT2D eigenvalue weighted by molar-refractivity contribution is 5.77. The molecule has 5 nitrogen and oxygen atoms in total. The Morgan fingerprint density at radius 3 is 2.62 bits per heavy atom. The van der Waals surface area contributed by atoms with Crippen molar-refractivity contribution < 1.29 is 19.0 Å². The fourth-order valence-corrected chi connectivity index (χ4v) is 2.35. The van der Waals surface area contributed by atoms with E-state index in [1.807, 2.05) is 24.0 Å². The van der Waals surface area contributed by atoms with Crippen LogP contribution in [0.2, 0.25) is 0 Å². The van der Waals surface area contributed by atoms with Gasteiger partial charge in [-0.25, -0.2) is 0 Å². The first kappa shape index (κ1) is 15.6. The van der Waals surface area contributed by atoms with Crippen molar-refractivity contribution >= 4 is 5.91 Å². The second-order valence-electron chi connectivity index (χ2n) is 5.13. The second-order valence-corrected chi connectivity index (χ2v) is 5.13. The molecule has 0 spiro atoms. The fraction of sp³-hybridized carbons (Fsp3) is 0.562. The first-order valence-electron chi connectivity index (χ1n) is 7.35. The lowest BCUT2D eigenvalue weighted by molar-refractivity contribution is -0.133. The van der Waals surface area contributed by atoms with E-state index < -0.39 is 0 Å². The fourth-order valence-electron chi connectivity index (χ4n) is 2.35. The highest BCUT2D eigenvalue weighted by atomic mass is 16.5. The van der Waals surface area contributed by atoms with E-state index in [4.69, 9.17) is 14.2 Å². The molecule has 0 unspecified atom stereocenters. The standard InChI is InChI=1S/C16H23NO4/c1-3-17(10-13-8-9-20-11-13)16(18)12-21-15-6-4-14(19-2)5-7-15/h4-7,13H,3,8-12H2,1-2H3/t13-/m1/s1. The number of benzene rings is 1. The summed E-state index contributed by atoms with van der Waals surface area (Å²) in [5.74, 6) is 1.91. The van der Waals surface area contributed by atoms with Gasteiger partial charge in [-0.2, -0.15) is 0 Å². The average molecular weight is 293 g/mol. The highest BCUT2D eigenvalue weighted by Crippen LogP contribution is 2.17. The van der Waals surface area contributed by atoms with Crippen molar-refractivity contribution in [2.24, 2.45) is 5.92 Å². The maximum Gasteiger partial charge on any atom is 0.260 e. The summed E-state index contributed by atoms with van der Waals surface area (Å²) >= 11 is 0. The monoisotopic (exact) mass is 293 g/mol. The Hall–Kier alpha value is -1.75. The van der Waals surface area contributed by atoms with Gasteiger partial charge in [0, 0.05) is 25.6 Å². The third-order valence-electron chi connectivity index (χ3n) is 3.66. The van der Waals surface area contributed by atoms with Crippen LogP contribution >= 0.6 is 0 Å². The van der Waals surface area contributed by atoms with Crippen LogP contribution in [0, 0.1) is 5.92 Å². The number of hydrogen-bond acceptors (Lipinski definition) is 4. The molecule has 1 saturated heterocycles. The minimum Gasteiger partial charge on any atom is -0.497 e. The molecule has 1 heterocycles. The Kier molecular flexibility index (Phi) is 5.87. The van der Waals surface area contributed by atoms with E-state index in [1.165, 1.54) is 0 Å². The van der Waals surface area contributed by atoms with Crippen LogP contribution in [0.1, 0.15) is 13.3 Å². The summed E-state index contributed by atoms with van der Waals surface area (Å²) in [6.07, 6.45) is 1.03. The lowest BCUT2D eigenvalue weighted by atomic mass is 10.1. The number of amides is 1. The van der Waals surface area contributed by atoms with Crippen LogP contribution < -0.4 is 9.47 Å². The van der Waals surface area contributed by atoms with Gasteiger partial charge in [-0.15, -0.1) is 0 Å². The van der Waals surface area contributed by atoms with E-state index in [9.17, 15) is 4.79 Å². The summed E-state index contributed by atoms with van der Waals surface area (Å²) in [5.41, 5.74) is 0. The van der Waals surface area contributed by atoms with Crippen LogP contribution in [0.3, 0.4) is 0 Å². The molecule has 5 heteroatoms. The quantitative estimate of drug-likeness (QED) is 0.771. The smallest absolute Gasteiger partial charge is 0.260 e. The zero-order chi connectivity index (χ0) is 15.1. The Labute approximate surface area is 125 Å². The first-order valence-corrected chi connectivity index (χ1v) is 7.35. The number of carbonyl (C=O) groups is 1. The van der Waals surface area contributed by atoms with E-state index in [2.05, 4.69) is 0 Å². The molecule has 1 aliphatic heterocycles. The number of rotatable bonds is 7. The third-order valence-corrected chi connectivity index (χ3v) is 3.66. The summed E-state index contributed by atoms with van der Waals surface area (Å²) in [4.78, 5) is 14.0. The predicted molar refractivity (Wildman–Crippen MR) is 79.7 cm³/mol. The van der Waals surface area contributed by atoms with Gasteiger partial charge in [0.2, 0.25) is 0 Å². The lowest BCUT2D eigenvalue weighted by Gasteiger charge is -2.23. The van der Waals surface area contributed by atoms with E-state index in [0.717, 1.165) is 31.9 Å². The Morgan fingerprint density at radius 1 is 1.33 bits per heavy atom. The number of ether oxygens (including phenoxy) is 3. The molecule has 1 aromatic carbocycles. The first-order chi connectivity index (χ1) is 10.2. The number of carbonyl (C=O) groups excluding carboxylic acids is 1. The molecule has 2 rings (SSSR count). The summed E-state index contributed by atoms with van der Waals surface area (Å²) in [5, 5.41) is 0. The van der Waals surface area contributed by atoms with Gasteiger partial charge in [0.05, 0.1) is 13.7 Å². The summed E-state index contributed by atoms with van der Waals surface area (Å²) in [6.45, 7) is 5.05. The molecule has 1 aliphatic rings. The molecule has 0 aromatic heterocycles. The third kappa shape index (κ3) is 4.63. The predicted octanol–water partition coefficient (Wildman–Crippen LogP) is 1.96. The van der Waals surface area contributed by atoms with E-state index >= 15 is 0 Å². The molecule has 1 aromatic rings. The van der Waals surface area contributed by atoms with Gasteiger partial charge in [-0.05, 0) is 37.6 Å². The van der Waals surface area contributed by atoms with Crippen molar-refractivity contribution in [1.29, 1.82) is 0 Å². The zero-order valence-electron chi connectivity index (χ0n) is 12.7. The number of nitrogens with zero attached hydrogens (tertiary/aromatic N) is 1. The average Bonchev–Trinajstić information content (AvgIpc) is 3.03. The summed E-state index contributed by atoms with van der Waals surface area (Å²) in [6, 6.07) is 7.22. The topological polar surface area (TPSA) is 48.0 Å². The highest BCUT2D eigenvalue weighted by Gasteiger charge is 2.21. The molecule has 1 amide bonds. The van der Waals surface area contributed by atoms with Crippen molar-refractivity contribution in [3.8, 4) is 11.5 Å². The van der Waals surface area contributed by atoms with Gasteiger partial charge in [0.25, 0.3) is 5.91 Å². The molecule has 0 saturated carbocycles. The van der Waals surface area contributed by atoms with Crippen LogP contribution in [0.15, 0.2) is 24.3 Å². The molecule has 0 aliphatic carbocycles. The van der Waals surface area contributed by atoms with E-state index in [-0.39, 0.29) is 12.5 Å². The van der Waals surface area contributed by atoms with Crippen LogP contribution in [-0.4, -0.2) is 50.8 Å². The molecule has 0 N–H and O–H groups in total. The SMILES string of the molecule is CCN(C[C@H]1CCOC1)C(=O)COc1ccc(OC)cc1. The maximum atomic E-state index is 12.2. The lowest BCUT2D eigenvalue weighted by Crippen LogP contribution is -2.38. The van der Waals surface area contributed by atoms with Gasteiger partial charge in [-0.3, -0.25) is 4.79 Å². The normalized spacial score (nSPS) is 17.5. The number of likely N-dealkylation sites (N-methyl/N-ethyl adjacent to an activating group) is 1. The van der Waals surface area contributed by atoms with Crippen molar-refractivity contribution in [2.45, 2.75) is 13.3 Å². The minimum absolute atomic E-state index is 0.0141. The van der Waals surface area contributed by atoms with Crippen LogP contribution in [0.5, 0.6) is 11.5 Å². The molecular formula is C16H23NO4. The van der Waals surface area contributed by atoms with Crippen molar-refractivity contribution in [2.75, 3.05) is 40.0 Å². The van der Waals surface area contributed by atoms with Crippen LogP contribution in [0.25, 0.3) is 0 Å². The van der Waals surface area contributed by atoms with Crippen molar-refractivity contribution in [3.63, 3.8) is 0 Å². The minimum atomic E-state index is 0.0141. The van der Waals surface area contributed by atoms with E-state index in [0.29, 0.717) is 18.2 Å². The molecule has 0 radical (unpaired) electrons. The Bertz CT molecular complexity index is 440. The van der Waals surface area contributed by atoms with Gasteiger partial charge in [-0.1, -0.05) is 0 Å². The van der Waals surface area contributed by atoms with Crippen molar-refractivity contribution in [3.05, 3.63) is 24.3 Å². The number of methoxy groups -OCH3 is 1. The Morgan fingerprint density at radius 2 is 2.05 bits per heavy atom. The van der Waals surface area contributed by atoms with Gasteiger partial charge < -0.3 is 19.1 Å². The molecule has 0 bridgehead atoms. The summed E-state index contributed by atoms with van der Waals surface area (Å²) in [7, 11) is 1.62. The molecule has 116 valence electrons. The molecule has 1 atom stereocenters. The van der Waals surface area contributed by atoms with Crippen LogP contribution in [0.4, 0.5) is 0 Å². The van der Waals surface area contributed by atoms with E-state index in [1.54, 1.807) is 19.2 Å². The van der Waals surface area contributed by atoms with Gasteiger partial charge >= 0.3 is 0 Å². The van der Waals surface area contributed by atoms with Crippen molar-refractivity contribution in [1.82, 2.24) is 4.90 Å². The molecular weight excluding hydrogens is 270 g/mol. The molecule has 21 heavy (non-hydrogen) atoms. The number of hydrogen-bond donors (Lipinski definition) is 0. The van der Waals surface area contributed by atoms with Crippen LogP contribution in [-0.2, 0) is 9.53 Å².